The van der Waals surface area contributed by atoms with Gasteiger partial charge in [0.05, 0.1) is 41.3 Å². The number of morpholine rings is 1. The molecular weight excluding hydrogens is 438 g/mol. The number of ether oxygens (including phenoxy) is 2. The first-order chi connectivity index (χ1) is 14.9. The quantitative estimate of drug-likeness (QED) is 0.558. The number of sulfonamides is 1. The Morgan fingerprint density at radius 3 is 2.71 bits per heavy atom. The van der Waals surface area contributed by atoms with Crippen molar-refractivity contribution in [3.8, 4) is 5.75 Å². The highest BCUT2D eigenvalue weighted by molar-refractivity contribution is 7.89. The number of fused-ring (bicyclic) bond motifs is 1. The zero-order chi connectivity index (χ0) is 22.0. The summed E-state index contributed by atoms with van der Waals surface area (Å²) in [5.41, 5.74) is 2.30. The van der Waals surface area contributed by atoms with Crippen molar-refractivity contribution in [3.05, 3.63) is 53.9 Å². The average Bonchev–Trinajstić information content (AvgIpc) is 3.18. The van der Waals surface area contributed by atoms with Crippen LogP contribution in [0.4, 0.5) is 0 Å². The third kappa shape index (κ3) is 4.34. The molecule has 0 aliphatic carbocycles. The van der Waals surface area contributed by atoms with E-state index in [4.69, 9.17) is 21.1 Å². The molecule has 0 bridgehead atoms. The Morgan fingerprint density at radius 2 is 2.00 bits per heavy atom. The topological polar surface area (TPSA) is 73.7 Å². The van der Waals surface area contributed by atoms with E-state index in [2.05, 4.69) is 4.98 Å². The van der Waals surface area contributed by atoms with Gasteiger partial charge in [0.25, 0.3) is 0 Å². The average molecular weight is 462 g/mol. The SMILES string of the molecule is CCn1c(/C(Cl)=C/c2cccc(OC)c2)nc2cc(S(=O)(=O)N3CCOCC3)ccc21. The molecule has 9 heteroatoms. The molecule has 2 heterocycles. The summed E-state index contributed by atoms with van der Waals surface area (Å²) in [5, 5.41) is 0.462. The van der Waals surface area contributed by atoms with Gasteiger partial charge in [0.1, 0.15) is 5.75 Å². The van der Waals surface area contributed by atoms with Crippen LogP contribution in [0.2, 0.25) is 0 Å². The number of methoxy groups -OCH3 is 1. The molecule has 1 aliphatic heterocycles. The number of nitrogens with zero attached hydrogens (tertiary/aromatic N) is 3. The van der Waals surface area contributed by atoms with Crippen molar-refractivity contribution in [2.45, 2.75) is 18.4 Å². The van der Waals surface area contributed by atoms with Gasteiger partial charge < -0.3 is 14.0 Å². The maximum absolute atomic E-state index is 13.0. The van der Waals surface area contributed by atoms with Crippen LogP contribution in [0.15, 0.2) is 47.4 Å². The molecule has 0 unspecified atom stereocenters. The monoisotopic (exact) mass is 461 g/mol. The standard InChI is InChI=1S/C22H24ClN3O4S/c1-3-26-21-8-7-18(31(27,28)25-9-11-30-12-10-25)15-20(21)24-22(26)19(23)14-16-5-4-6-17(13-16)29-2/h4-8,13-15H,3,9-12H2,1-2H3/b19-14-. The minimum Gasteiger partial charge on any atom is -0.497 e. The first kappa shape index (κ1) is 21.8. The third-order valence-electron chi connectivity index (χ3n) is 5.24. The fraction of sp³-hybridized carbons (Fsp3) is 0.318. The number of aromatic nitrogens is 2. The van der Waals surface area contributed by atoms with E-state index in [-0.39, 0.29) is 4.90 Å². The summed E-state index contributed by atoms with van der Waals surface area (Å²) in [5.74, 6) is 1.32. The van der Waals surface area contributed by atoms with Gasteiger partial charge in [-0.3, -0.25) is 0 Å². The van der Waals surface area contributed by atoms with Crippen molar-refractivity contribution in [2.24, 2.45) is 0 Å². The van der Waals surface area contributed by atoms with Crippen molar-refractivity contribution in [1.82, 2.24) is 13.9 Å². The lowest BCUT2D eigenvalue weighted by molar-refractivity contribution is 0.0730. The number of benzene rings is 2. The smallest absolute Gasteiger partial charge is 0.243 e. The van der Waals surface area contributed by atoms with Gasteiger partial charge >= 0.3 is 0 Å². The van der Waals surface area contributed by atoms with Crippen molar-refractivity contribution in [2.75, 3.05) is 33.4 Å². The van der Waals surface area contributed by atoms with Crippen molar-refractivity contribution < 1.29 is 17.9 Å². The maximum atomic E-state index is 13.0. The highest BCUT2D eigenvalue weighted by Crippen LogP contribution is 2.29. The molecule has 31 heavy (non-hydrogen) atoms. The van der Waals surface area contributed by atoms with E-state index in [0.717, 1.165) is 16.8 Å². The molecule has 1 saturated heterocycles. The lowest BCUT2D eigenvalue weighted by Crippen LogP contribution is -2.40. The number of halogens is 1. The van der Waals surface area contributed by atoms with Crippen LogP contribution >= 0.6 is 11.6 Å². The molecule has 0 atom stereocenters. The van der Waals surface area contributed by atoms with Gasteiger partial charge in [0.2, 0.25) is 10.0 Å². The Labute approximate surface area is 186 Å². The van der Waals surface area contributed by atoms with Crippen molar-refractivity contribution >= 4 is 43.8 Å². The van der Waals surface area contributed by atoms with Crippen LogP contribution in [0.3, 0.4) is 0 Å². The molecule has 0 N–H and O–H groups in total. The fourth-order valence-corrected chi connectivity index (χ4v) is 5.35. The lowest BCUT2D eigenvalue weighted by atomic mass is 10.2. The summed E-state index contributed by atoms with van der Waals surface area (Å²) in [7, 11) is -1.98. The second kappa shape index (κ2) is 9.00. The molecule has 7 nitrogen and oxygen atoms in total. The van der Waals surface area contributed by atoms with Gasteiger partial charge in [-0.25, -0.2) is 13.4 Å². The predicted octanol–water partition coefficient (Wildman–Crippen LogP) is 3.82. The van der Waals surface area contributed by atoms with Crippen LogP contribution < -0.4 is 4.74 Å². The van der Waals surface area contributed by atoms with E-state index in [0.29, 0.717) is 49.2 Å². The molecule has 3 aromatic rings. The Morgan fingerprint density at radius 1 is 1.23 bits per heavy atom. The Hall–Kier alpha value is -2.39. The molecule has 1 fully saturated rings. The molecule has 4 rings (SSSR count). The van der Waals surface area contributed by atoms with Gasteiger partial charge in [-0.15, -0.1) is 0 Å². The van der Waals surface area contributed by atoms with Gasteiger partial charge in [-0.2, -0.15) is 4.31 Å². The van der Waals surface area contributed by atoms with E-state index in [1.54, 1.807) is 25.3 Å². The Balaban J connectivity index is 1.74. The van der Waals surface area contributed by atoms with Crippen LogP contribution in [0.1, 0.15) is 18.3 Å². The zero-order valence-corrected chi connectivity index (χ0v) is 19.0. The summed E-state index contributed by atoms with van der Waals surface area (Å²) in [6, 6.07) is 12.6. The highest BCUT2D eigenvalue weighted by Gasteiger charge is 2.27. The van der Waals surface area contributed by atoms with Gasteiger partial charge in [0, 0.05) is 19.6 Å². The lowest BCUT2D eigenvalue weighted by Gasteiger charge is -2.26. The molecule has 2 aromatic carbocycles. The largest absolute Gasteiger partial charge is 0.497 e. The van der Waals surface area contributed by atoms with Gasteiger partial charge in [-0.1, -0.05) is 23.7 Å². The second-order valence-corrected chi connectivity index (χ2v) is 9.46. The first-order valence-electron chi connectivity index (χ1n) is 10.0. The number of imidazole rings is 1. The summed E-state index contributed by atoms with van der Waals surface area (Å²) in [4.78, 5) is 4.89. The third-order valence-corrected chi connectivity index (χ3v) is 7.42. The number of hydrogen-bond donors (Lipinski definition) is 0. The predicted molar refractivity (Wildman–Crippen MR) is 122 cm³/mol. The van der Waals surface area contributed by atoms with E-state index in [1.165, 1.54) is 4.31 Å². The number of aryl methyl sites for hydroxylation is 1. The van der Waals surface area contributed by atoms with E-state index >= 15 is 0 Å². The molecule has 0 spiro atoms. The van der Waals surface area contributed by atoms with Gasteiger partial charge in [-0.05, 0) is 48.9 Å². The molecule has 0 saturated carbocycles. The normalized spacial score (nSPS) is 16.0. The highest BCUT2D eigenvalue weighted by atomic mass is 35.5. The van der Waals surface area contributed by atoms with Crippen LogP contribution in [-0.2, 0) is 21.3 Å². The van der Waals surface area contributed by atoms with Crippen LogP contribution in [0, 0.1) is 0 Å². The van der Waals surface area contributed by atoms with Crippen LogP contribution in [-0.4, -0.2) is 55.7 Å². The summed E-state index contributed by atoms with van der Waals surface area (Å²) < 4.78 is 40.0. The van der Waals surface area contributed by atoms with Crippen molar-refractivity contribution in [1.29, 1.82) is 0 Å². The second-order valence-electron chi connectivity index (χ2n) is 7.12. The summed E-state index contributed by atoms with van der Waals surface area (Å²) in [6.07, 6.45) is 1.82. The summed E-state index contributed by atoms with van der Waals surface area (Å²) in [6.45, 7) is 4.15. The van der Waals surface area contributed by atoms with E-state index in [9.17, 15) is 8.42 Å². The molecule has 1 aromatic heterocycles. The maximum Gasteiger partial charge on any atom is 0.243 e. The molecular formula is C22H24ClN3O4S. The minimum absolute atomic E-state index is 0.224. The molecule has 1 aliphatic rings. The Bertz CT molecular complexity index is 1230. The molecule has 0 amide bonds. The van der Waals surface area contributed by atoms with Crippen LogP contribution in [0.5, 0.6) is 5.75 Å². The van der Waals surface area contributed by atoms with E-state index in [1.807, 2.05) is 41.8 Å². The molecule has 0 radical (unpaired) electrons. The van der Waals surface area contributed by atoms with E-state index < -0.39 is 10.0 Å². The number of rotatable bonds is 6. The van der Waals surface area contributed by atoms with Crippen molar-refractivity contribution in [3.63, 3.8) is 0 Å². The van der Waals surface area contributed by atoms with Crippen LogP contribution in [0.25, 0.3) is 22.1 Å². The molecule has 164 valence electrons. The minimum atomic E-state index is -3.60. The first-order valence-corrected chi connectivity index (χ1v) is 11.9. The zero-order valence-electron chi connectivity index (χ0n) is 17.4. The Kier molecular flexibility index (Phi) is 6.34. The summed E-state index contributed by atoms with van der Waals surface area (Å²) >= 11 is 6.64. The fourth-order valence-electron chi connectivity index (χ4n) is 3.65. The number of hydrogen-bond acceptors (Lipinski definition) is 5. The van der Waals surface area contributed by atoms with Gasteiger partial charge in [0.15, 0.2) is 5.82 Å².